The van der Waals surface area contributed by atoms with Crippen molar-refractivity contribution in [3.05, 3.63) is 36.2 Å². The van der Waals surface area contributed by atoms with Gasteiger partial charge in [-0.3, -0.25) is 0 Å². The fourth-order valence-corrected chi connectivity index (χ4v) is 5.30. The van der Waals surface area contributed by atoms with Crippen molar-refractivity contribution in [1.29, 1.82) is 0 Å². The number of H-pyrrole nitrogens is 1. The van der Waals surface area contributed by atoms with Crippen LogP contribution in [0.3, 0.4) is 0 Å². The minimum absolute atomic E-state index is 0.158. The lowest BCUT2D eigenvalue weighted by Gasteiger charge is -2.30. The van der Waals surface area contributed by atoms with Gasteiger partial charge in [0.1, 0.15) is 16.8 Å². The molecule has 0 aliphatic heterocycles. The van der Waals surface area contributed by atoms with Crippen LogP contribution in [0.5, 0.6) is 11.6 Å². The second-order valence-corrected chi connectivity index (χ2v) is 11.2. The van der Waals surface area contributed by atoms with Crippen molar-refractivity contribution in [2.24, 2.45) is 7.05 Å². The molecule has 3 N–H and O–H groups in total. The number of aromatic nitrogens is 4. The van der Waals surface area contributed by atoms with Crippen molar-refractivity contribution in [2.45, 2.75) is 70.7 Å². The zero-order valence-electron chi connectivity index (χ0n) is 23.6. The number of alkyl carbamates (subject to hydrolysis) is 1. The van der Waals surface area contributed by atoms with Crippen LogP contribution in [-0.4, -0.2) is 57.5 Å². The minimum Gasteiger partial charge on any atom is -0.491 e. The average Bonchev–Trinajstić information content (AvgIpc) is 3.47. The van der Waals surface area contributed by atoms with E-state index in [-0.39, 0.29) is 12.1 Å². The molecular weight excluding hydrogens is 496 g/mol. The largest absolute Gasteiger partial charge is 0.491 e. The molecule has 4 heterocycles. The highest BCUT2D eigenvalue weighted by atomic mass is 16.6. The fraction of sp³-hybridized carbons (Fsp3) is 0.483. The van der Waals surface area contributed by atoms with Crippen molar-refractivity contribution >= 4 is 28.2 Å². The van der Waals surface area contributed by atoms with E-state index < -0.39 is 5.60 Å². The quantitative estimate of drug-likeness (QED) is 0.304. The number of rotatable bonds is 7. The highest BCUT2D eigenvalue weighted by Crippen LogP contribution is 2.36. The van der Waals surface area contributed by atoms with Gasteiger partial charge in [-0.25, -0.2) is 14.8 Å². The molecule has 1 amide bonds. The van der Waals surface area contributed by atoms with Crippen molar-refractivity contribution < 1.29 is 19.0 Å². The third-order valence-electron chi connectivity index (χ3n) is 7.25. The molecule has 0 radical (unpaired) electrons. The molecule has 4 aromatic rings. The van der Waals surface area contributed by atoms with Gasteiger partial charge in [0.05, 0.1) is 25.4 Å². The van der Waals surface area contributed by atoms with Gasteiger partial charge in [-0.05, 0) is 64.2 Å². The minimum atomic E-state index is -0.485. The van der Waals surface area contributed by atoms with Gasteiger partial charge in [0.2, 0.25) is 0 Å². The van der Waals surface area contributed by atoms with Crippen LogP contribution in [0.15, 0.2) is 30.6 Å². The van der Waals surface area contributed by atoms with Gasteiger partial charge >= 0.3 is 6.09 Å². The molecule has 0 saturated heterocycles. The number of amides is 1. The molecule has 1 aliphatic rings. The van der Waals surface area contributed by atoms with E-state index in [1.807, 2.05) is 44.6 Å². The SMILES string of the molecule is COc1cc2c(nc1OC)c(-c1cc3c(CNC4CCC(NC(=O)OC(C)(C)C)CC4)ccnc3[nH]1)cn2C. The van der Waals surface area contributed by atoms with Crippen LogP contribution in [0.2, 0.25) is 0 Å². The summed E-state index contributed by atoms with van der Waals surface area (Å²) in [7, 11) is 5.20. The van der Waals surface area contributed by atoms with Crippen LogP contribution >= 0.6 is 0 Å². The molecule has 0 atom stereocenters. The van der Waals surface area contributed by atoms with Gasteiger partial charge in [0.25, 0.3) is 5.88 Å². The molecule has 1 aliphatic carbocycles. The summed E-state index contributed by atoms with van der Waals surface area (Å²) in [6, 6.07) is 6.71. The summed E-state index contributed by atoms with van der Waals surface area (Å²) in [5, 5.41) is 7.82. The summed E-state index contributed by atoms with van der Waals surface area (Å²) in [4.78, 5) is 24.9. The number of carbonyl (C=O) groups is 1. The number of aromatic amines is 1. The number of hydrogen-bond acceptors (Lipinski definition) is 7. The summed E-state index contributed by atoms with van der Waals surface area (Å²) in [5.41, 5.74) is 5.24. The van der Waals surface area contributed by atoms with Gasteiger partial charge in [0, 0.05) is 55.1 Å². The highest BCUT2D eigenvalue weighted by molar-refractivity contribution is 5.96. The molecule has 10 nitrogen and oxygen atoms in total. The topological polar surface area (TPSA) is 115 Å². The van der Waals surface area contributed by atoms with Crippen LogP contribution in [0, 0.1) is 0 Å². The third kappa shape index (κ3) is 5.80. The van der Waals surface area contributed by atoms with Gasteiger partial charge < -0.3 is 34.4 Å². The Kier molecular flexibility index (Phi) is 7.40. The summed E-state index contributed by atoms with van der Waals surface area (Å²) in [5.74, 6) is 1.05. The van der Waals surface area contributed by atoms with Crippen molar-refractivity contribution in [2.75, 3.05) is 14.2 Å². The maximum absolute atomic E-state index is 12.1. The predicted octanol–water partition coefficient (Wildman–Crippen LogP) is 5.06. The van der Waals surface area contributed by atoms with E-state index in [9.17, 15) is 4.79 Å². The summed E-state index contributed by atoms with van der Waals surface area (Å²) >= 11 is 0. The molecule has 208 valence electrons. The Bertz CT molecular complexity index is 1480. The lowest BCUT2D eigenvalue weighted by atomic mass is 9.91. The maximum Gasteiger partial charge on any atom is 0.407 e. The second-order valence-electron chi connectivity index (χ2n) is 11.2. The Morgan fingerprint density at radius 2 is 1.87 bits per heavy atom. The van der Waals surface area contributed by atoms with E-state index in [4.69, 9.17) is 19.2 Å². The molecule has 0 unspecified atom stereocenters. The third-order valence-corrected chi connectivity index (χ3v) is 7.25. The number of nitrogens with zero attached hydrogens (tertiary/aromatic N) is 3. The van der Waals surface area contributed by atoms with Crippen molar-refractivity contribution in [3.8, 4) is 22.9 Å². The Balaban J connectivity index is 1.28. The zero-order chi connectivity index (χ0) is 27.7. The van der Waals surface area contributed by atoms with Gasteiger partial charge in [0.15, 0.2) is 5.75 Å². The molecule has 1 saturated carbocycles. The molecular formula is C29H38N6O4. The van der Waals surface area contributed by atoms with E-state index in [1.54, 1.807) is 14.2 Å². The lowest BCUT2D eigenvalue weighted by Crippen LogP contribution is -2.43. The molecule has 0 spiro atoms. The second kappa shape index (κ2) is 10.8. The standard InChI is InChI=1S/C29H38N6O4/c1-29(2,3)39-28(36)32-19-9-7-18(8-10-19)31-15-17-11-12-30-26-20(17)13-22(33-26)21-16-35(4)23-14-24(37-5)27(38-6)34-25(21)23/h11-14,16,18-19,31H,7-10,15H2,1-6H3,(H,30,33)(H,32,36). The number of methoxy groups -OCH3 is 2. The van der Waals surface area contributed by atoms with Gasteiger partial charge in [-0.2, -0.15) is 0 Å². The first-order valence-electron chi connectivity index (χ1n) is 13.4. The lowest BCUT2D eigenvalue weighted by molar-refractivity contribution is 0.0489. The molecule has 5 rings (SSSR count). The number of pyridine rings is 2. The molecule has 1 fully saturated rings. The van der Waals surface area contributed by atoms with Gasteiger partial charge in [-0.15, -0.1) is 0 Å². The number of hydrogen-bond donors (Lipinski definition) is 3. The maximum atomic E-state index is 12.1. The molecule has 0 bridgehead atoms. The number of aryl methyl sites for hydroxylation is 1. The molecule has 4 aromatic heterocycles. The van der Waals surface area contributed by atoms with E-state index in [2.05, 4.69) is 38.9 Å². The predicted molar refractivity (Wildman–Crippen MR) is 151 cm³/mol. The Hall–Kier alpha value is -3.79. The van der Waals surface area contributed by atoms with E-state index in [0.717, 1.165) is 65.6 Å². The average molecular weight is 535 g/mol. The Morgan fingerprint density at radius 3 is 2.56 bits per heavy atom. The normalized spacial score (nSPS) is 17.9. The van der Waals surface area contributed by atoms with Crippen LogP contribution in [0.1, 0.15) is 52.0 Å². The molecule has 0 aromatic carbocycles. The summed E-state index contributed by atoms with van der Waals surface area (Å²) in [6.45, 7) is 6.38. The number of ether oxygens (including phenoxy) is 3. The van der Waals surface area contributed by atoms with Gasteiger partial charge in [-0.1, -0.05) is 0 Å². The molecule has 39 heavy (non-hydrogen) atoms. The smallest absolute Gasteiger partial charge is 0.407 e. The number of nitrogens with one attached hydrogen (secondary N) is 3. The highest BCUT2D eigenvalue weighted by Gasteiger charge is 2.25. The Labute approximate surface area is 228 Å². The van der Waals surface area contributed by atoms with E-state index in [0.29, 0.717) is 17.7 Å². The first kappa shape index (κ1) is 26.8. The first-order valence-corrected chi connectivity index (χ1v) is 13.4. The number of carbonyl (C=O) groups excluding carboxylic acids is 1. The first-order chi connectivity index (χ1) is 18.6. The summed E-state index contributed by atoms with van der Waals surface area (Å²) < 4.78 is 18.3. The van der Waals surface area contributed by atoms with Crippen LogP contribution < -0.4 is 20.1 Å². The van der Waals surface area contributed by atoms with Crippen LogP contribution in [0.4, 0.5) is 4.79 Å². The van der Waals surface area contributed by atoms with Crippen molar-refractivity contribution in [3.63, 3.8) is 0 Å². The fourth-order valence-electron chi connectivity index (χ4n) is 5.30. The van der Waals surface area contributed by atoms with E-state index in [1.165, 1.54) is 5.56 Å². The summed E-state index contributed by atoms with van der Waals surface area (Å²) in [6.07, 6.45) is 7.43. The van der Waals surface area contributed by atoms with E-state index >= 15 is 0 Å². The van der Waals surface area contributed by atoms with Crippen LogP contribution in [0.25, 0.3) is 33.3 Å². The monoisotopic (exact) mass is 534 g/mol. The zero-order valence-corrected chi connectivity index (χ0v) is 23.6. The van der Waals surface area contributed by atoms with Crippen LogP contribution in [-0.2, 0) is 18.3 Å². The number of fused-ring (bicyclic) bond motifs is 2. The molecule has 10 heteroatoms. The Morgan fingerprint density at radius 1 is 1.13 bits per heavy atom. The van der Waals surface area contributed by atoms with Crippen molar-refractivity contribution in [1.82, 2.24) is 30.2 Å².